The fourth-order valence-electron chi connectivity index (χ4n) is 1.75. The fourth-order valence-corrected chi connectivity index (χ4v) is 3.77. The molecule has 6 heteroatoms. The number of nitrogens with one attached hydrogen (secondary N) is 2. The summed E-state index contributed by atoms with van der Waals surface area (Å²) in [7, 11) is 0. The van der Waals surface area contributed by atoms with E-state index in [0.29, 0.717) is 24.5 Å². The van der Waals surface area contributed by atoms with Gasteiger partial charge in [-0.05, 0) is 17.5 Å². The molecule has 3 rings (SSSR count). The van der Waals surface area contributed by atoms with E-state index in [1.54, 1.807) is 11.3 Å². The van der Waals surface area contributed by atoms with Crippen LogP contribution in [0.25, 0.3) is 9.40 Å². The van der Waals surface area contributed by atoms with E-state index in [1.807, 2.05) is 17.5 Å². The minimum atomic E-state index is -0.760. The molecule has 0 unspecified atom stereocenters. The van der Waals surface area contributed by atoms with Crippen LogP contribution in [0.5, 0.6) is 0 Å². The molecule has 90 valence electrons. The van der Waals surface area contributed by atoms with Crippen LogP contribution in [-0.2, 0) is 0 Å². The van der Waals surface area contributed by atoms with Gasteiger partial charge in [-0.2, -0.15) is 0 Å². The molecule has 2 aromatic heterocycles. The van der Waals surface area contributed by atoms with Gasteiger partial charge in [0.1, 0.15) is 5.60 Å². The van der Waals surface area contributed by atoms with Crippen molar-refractivity contribution in [3.63, 3.8) is 0 Å². The Bertz CT molecular complexity index is 528. The quantitative estimate of drug-likeness (QED) is 0.779. The average molecular weight is 268 g/mol. The number of fused-ring (bicyclic) bond motifs is 1. The molecule has 0 aliphatic carbocycles. The third-order valence-corrected chi connectivity index (χ3v) is 4.94. The van der Waals surface area contributed by atoms with Crippen LogP contribution in [0.4, 0.5) is 0 Å². The van der Waals surface area contributed by atoms with Crippen LogP contribution in [0.15, 0.2) is 17.5 Å². The number of hydrogen-bond donors (Lipinski definition) is 3. The highest BCUT2D eigenvalue weighted by Gasteiger charge is 2.34. The highest BCUT2D eigenvalue weighted by atomic mass is 32.1. The highest BCUT2D eigenvalue weighted by Crippen LogP contribution is 2.29. The molecule has 0 bridgehead atoms. The summed E-state index contributed by atoms with van der Waals surface area (Å²) in [5.41, 5.74) is -0.760. The lowest BCUT2D eigenvalue weighted by Crippen LogP contribution is -2.64. The summed E-state index contributed by atoms with van der Waals surface area (Å²) in [5, 5.41) is 17.6. The van der Waals surface area contributed by atoms with Crippen molar-refractivity contribution in [3.8, 4) is 0 Å². The minimum Gasteiger partial charge on any atom is -0.385 e. The third-order valence-electron chi connectivity index (χ3n) is 2.85. The van der Waals surface area contributed by atoms with E-state index in [4.69, 9.17) is 0 Å². The predicted molar refractivity (Wildman–Crippen MR) is 69.9 cm³/mol. The van der Waals surface area contributed by atoms with E-state index in [2.05, 4.69) is 10.6 Å². The second-order valence-corrected chi connectivity index (χ2v) is 6.30. The monoisotopic (exact) mass is 268 g/mol. The van der Waals surface area contributed by atoms with Crippen LogP contribution in [0.1, 0.15) is 9.67 Å². The van der Waals surface area contributed by atoms with Crippen molar-refractivity contribution in [1.29, 1.82) is 0 Å². The van der Waals surface area contributed by atoms with Gasteiger partial charge >= 0.3 is 0 Å². The summed E-state index contributed by atoms with van der Waals surface area (Å²) >= 11 is 3.13. The maximum Gasteiger partial charge on any atom is 0.261 e. The topological polar surface area (TPSA) is 61.4 Å². The Balaban J connectivity index is 1.67. The molecule has 0 aromatic carbocycles. The molecule has 2 aromatic rings. The molecule has 3 heterocycles. The van der Waals surface area contributed by atoms with Crippen molar-refractivity contribution in [2.24, 2.45) is 0 Å². The van der Waals surface area contributed by atoms with Crippen molar-refractivity contribution < 1.29 is 9.90 Å². The molecule has 1 aliphatic heterocycles. The molecule has 1 aliphatic rings. The van der Waals surface area contributed by atoms with Crippen molar-refractivity contribution in [1.82, 2.24) is 10.6 Å². The maximum absolute atomic E-state index is 11.9. The SMILES string of the molecule is O=C(NCC1(O)CNC1)c1cc2sccc2s1. The van der Waals surface area contributed by atoms with Gasteiger partial charge in [-0.15, -0.1) is 22.7 Å². The fraction of sp³-hybridized carbons (Fsp3) is 0.364. The number of rotatable bonds is 3. The molecular weight excluding hydrogens is 256 g/mol. The van der Waals surface area contributed by atoms with E-state index in [9.17, 15) is 9.90 Å². The molecule has 0 radical (unpaired) electrons. The average Bonchev–Trinajstić information content (AvgIpc) is 2.82. The smallest absolute Gasteiger partial charge is 0.261 e. The lowest BCUT2D eigenvalue weighted by Gasteiger charge is -2.37. The second kappa shape index (κ2) is 4.06. The maximum atomic E-state index is 11.9. The van der Waals surface area contributed by atoms with Crippen molar-refractivity contribution in [3.05, 3.63) is 22.4 Å². The molecule has 17 heavy (non-hydrogen) atoms. The minimum absolute atomic E-state index is 0.0984. The first-order chi connectivity index (χ1) is 8.16. The Morgan fingerprint density at radius 3 is 3.00 bits per heavy atom. The van der Waals surface area contributed by atoms with Crippen LogP contribution in [0, 0.1) is 0 Å². The second-order valence-electron chi connectivity index (χ2n) is 4.27. The standard InChI is InChI=1S/C11H12N2O2S2/c14-10(13-6-11(15)4-12-5-11)9-3-8-7(17-9)1-2-16-8/h1-3,12,15H,4-6H2,(H,13,14). The first-order valence-electron chi connectivity index (χ1n) is 5.35. The van der Waals surface area contributed by atoms with E-state index in [0.717, 1.165) is 9.40 Å². The summed E-state index contributed by atoms with van der Waals surface area (Å²) in [6, 6.07) is 3.92. The summed E-state index contributed by atoms with van der Waals surface area (Å²) in [4.78, 5) is 12.6. The molecule has 1 amide bonds. The Hall–Kier alpha value is -0.950. The first-order valence-corrected chi connectivity index (χ1v) is 7.04. The zero-order chi connectivity index (χ0) is 11.9. The molecule has 0 spiro atoms. The molecule has 0 saturated carbocycles. The van der Waals surface area contributed by atoms with Gasteiger partial charge < -0.3 is 15.7 Å². The molecular formula is C11H12N2O2S2. The van der Waals surface area contributed by atoms with Gasteiger partial charge in [-0.1, -0.05) is 0 Å². The number of carbonyl (C=O) groups excluding carboxylic acids is 1. The molecule has 1 saturated heterocycles. The van der Waals surface area contributed by atoms with Crippen molar-refractivity contribution >= 4 is 38.0 Å². The van der Waals surface area contributed by atoms with Gasteiger partial charge in [0.2, 0.25) is 0 Å². The van der Waals surface area contributed by atoms with Gasteiger partial charge in [0, 0.05) is 29.0 Å². The third kappa shape index (κ3) is 2.09. The summed E-state index contributed by atoms with van der Waals surface area (Å²) in [6.07, 6.45) is 0. The molecule has 3 N–H and O–H groups in total. The van der Waals surface area contributed by atoms with E-state index in [-0.39, 0.29) is 5.91 Å². The zero-order valence-corrected chi connectivity index (χ0v) is 10.7. The van der Waals surface area contributed by atoms with Gasteiger partial charge in [-0.3, -0.25) is 4.79 Å². The van der Waals surface area contributed by atoms with Crippen LogP contribution in [0.3, 0.4) is 0 Å². The molecule has 4 nitrogen and oxygen atoms in total. The lowest BCUT2D eigenvalue weighted by molar-refractivity contribution is -0.00756. The predicted octanol–water partition coefficient (Wildman–Crippen LogP) is 1.03. The Labute approximate surface area is 106 Å². The van der Waals surface area contributed by atoms with Crippen LogP contribution in [-0.4, -0.2) is 36.2 Å². The highest BCUT2D eigenvalue weighted by molar-refractivity contribution is 7.27. The van der Waals surface area contributed by atoms with Gasteiger partial charge in [0.05, 0.1) is 4.88 Å². The number of β-amino-alcohol motifs (C(OH)–C–C–N with tert-alkyl or cyclic N) is 1. The summed E-state index contributed by atoms with van der Waals surface area (Å²) < 4.78 is 2.29. The Morgan fingerprint density at radius 1 is 1.53 bits per heavy atom. The molecule has 1 fully saturated rings. The zero-order valence-electron chi connectivity index (χ0n) is 9.03. The van der Waals surface area contributed by atoms with Gasteiger partial charge in [0.25, 0.3) is 5.91 Å². The number of amides is 1. The Morgan fingerprint density at radius 2 is 2.35 bits per heavy atom. The number of carbonyl (C=O) groups is 1. The van der Waals surface area contributed by atoms with E-state index < -0.39 is 5.60 Å². The number of hydrogen-bond acceptors (Lipinski definition) is 5. The van der Waals surface area contributed by atoms with Crippen LogP contribution < -0.4 is 10.6 Å². The van der Waals surface area contributed by atoms with Crippen molar-refractivity contribution in [2.75, 3.05) is 19.6 Å². The number of thiophene rings is 2. The lowest BCUT2D eigenvalue weighted by atomic mass is 9.97. The van der Waals surface area contributed by atoms with E-state index in [1.165, 1.54) is 11.3 Å². The van der Waals surface area contributed by atoms with Gasteiger partial charge in [0.15, 0.2) is 0 Å². The number of aliphatic hydroxyl groups is 1. The van der Waals surface area contributed by atoms with E-state index >= 15 is 0 Å². The normalized spacial score (nSPS) is 17.9. The van der Waals surface area contributed by atoms with Gasteiger partial charge in [-0.25, -0.2) is 0 Å². The first kappa shape index (κ1) is 11.2. The van der Waals surface area contributed by atoms with Crippen LogP contribution in [0.2, 0.25) is 0 Å². The van der Waals surface area contributed by atoms with Crippen molar-refractivity contribution in [2.45, 2.75) is 5.60 Å². The largest absolute Gasteiger partial charge is 0.385 e. The van der Waals surface area contributed by atoms with Crippen LogP contribution >= 0.6 is 22.7 Å². The summed E-state index contributed by atoms with van der Waals surface area (Å²) in [6.45, 7) is 1.41. The Kier molecular flexibility index (Phi) is 2.67. The molecule has 0 atom stereocenters. The summed E-state index contributed by atoms with van der Waals surface area (Å²) in [5.74, 6) is -0.0984.